The Morgan fingerprint density at radius 3 is 2.52 bits per heavy atom. The summed E-state index contributed by atoms with van der Waals surface area (Å²) in [6.07, 6.45) is 0. The number of carbonyl (C=O) groups excluding carboxylic acids is 1. The Morgan fingerprint density at radius 2 is 1.81 bits per heavy atom. The van der Waals surface area contributed by atoms with Gasteiger partial charge in [-0.2, -0.15) is 0 Å². The molecule has 0 aromatic heterocycles. The number of aryl methyl sites for hydroxylation is 1. The number of anilines is 1. The molecule has 0 unspecified atom stereocenters. The average Bonchev–Trinajstić information content (AvgIpc) is 2.48. The van der Waals surface area contributed by atoms with Crippen LogP contribution in [0.25, 0.3) is 0 Å². The van der Waals surface area contributed by atoms with Gasteiger partial charge in [-0.25, -0.2) is 8.78 Å². The Kier molecular flexibility index (Phi) is 4.87. The molecule has 0 heterocycles. The Morgan fingerprint density at radius 1 is 1.10 bits per heavy atom. The molecule has 110 valence electrons. The van der Waals surface area contributed by atoms with Crippen molar-refractivity contribution in [2.45, 2.75) is 13.5 Å². The third kappa shape index (κ3) is 4.27. The summed E-state index contributed by atoms with van der Waals surface area (Å²) in [5, 5.41) is 5.28. The van der Waals surface area contributed by atoms with Crippen molar-refractivity contribution in [2.75, 3.05) is 11.9 Å². The number of hydrogen-bond acceptors (Lipinski definition) is 2. The molecule has 2 aromatic carbocycles. The lowest BCUT2D eigenvalue weighted by molar-refractivity contribution is -0.119. The topological polar surface area (TPSA) is 41.1 Å². The molecular formula is C16H16F2N2O. The van der Waals surface area contributed by atoms with Gasteiger partial charge in [0.2, 0.25) is 5.91 Å². The van der Waals surface area contributed by atoms with Crippen LogP contribution in [0.1, 0.15) is 11.1 Å². The molecule has 0 aliphatic heterocycles. The van der Waals surface area contributed by atoms with Crippen molar-refractivity contribution >= 4 is 11.6 Å². The van der Waals surface area contributed by atoms with E-state index in [4.69, 9.17) is 0 Å². The van der Waals surface area contributed by atoms with Crippen LogP contribution in [0.5, 0.6) is 0 Å². The van der Waals surface area contributed by atoms with E-state index in [0.29, 0.717) is 6.54 Å². The van der Waals surface area contributed by atoms with Crippen LogP contribution in [0.4, 0.5) is 14.5 Å². The molecule has 0 saturated heterocycles. The molecule has 21 heavy (non-hydrogen) atoms. The molecule has 3 nitrogen and oxygen atoms in total. The number of amides is 1. The monoisotopic (exact) mass is 290 g/mol. The lowest BCUT2D eigenvalue weighted by Gasteiger charge is -2.09. The predicted octanol–water partition coefficient (Wildman–Crippen LogP) is 3.00. The highest BCUT2D eigenvalue weighted by Crippen LogP contribution is 2.15. The molecule has 0 saturated carbocycles. The van der Waals surface area contributed by atoms with Crippen molar-refractivity contribution in [3.8, 4) is 0 Å². The first-order chi connectivity index (χ1) is 10.1. The zero-order valence-corrected chi connectivity index (χ0v) is 11.6. The molecule has 0 fully saturated rings. The molecule has 1 amide bonds. The van der Waals surface area contributed by atoms with Gasteiger partial charge >= 0.3 is 0 Å². The summed E-state index contributed by atoms with van der Waals surface area (Å²) >= 11 is 0. The summed E-state index contributed by atoms with van der Waals surface area (Å²) in [5.74, 6) is -2.22. The predicted molar refractivity (Wildman–Crippen MR) is 77.9 cm³/mol. The first-order valence-corrected chi connectivity index (χ1v) is 6.56. The van der Waals surface area contributed by atoms with Crippen molar-refractivity contribution in [2.24, 2.45) is 0 Å². The lowest BCUT2D eigenvalue weighted by Crippen LogP contribution is -2.29. The molecular weight excluding hydrogens is 274 g/mol. The van der Waals surface area contributed by atoms with E-state index in [1.54, 1.807) is 0 Å². The largest absolute Gasteiger partial charge is 0.374 e. The van der Waals surface area contributed by atoms with Gasteiger partial charge in [-0.05, 0) is 24.6 Å². The number of rotatable bonds is 5. The molecule has 0 aliphatic rings. The standard InChI is InChI=1S/C16H16F2N2O/c1-11-5-7-12(8-6-11)9-20-15(21)10-19-14-4-2-3-13(17)16(14)18/h2-8,19H,9-10H2,1H3,(H,20,21). The Labute approximate surface area is 122 Å². The Bertz CT molecular complexity index is 627. The molecule has 0 bridgehead atoms. The van der Waals surface area contributed by atoms with Crippen LogP contribution in [-0.2, 0) is 11.3 Å². The summed E-state index contributed by atoms with van der Waals surface area (Å²) < 4.78 is 26.4. The first-order valence-electron chi connectivity index (χ1n) is 6.56. The molecule has 0 radical (unpaired) electrons. The van der Waals surface area contributed by atoms with E-state index in [0.717, 1.165) is 17.2 Å². The summed E-state index contributed by atoms with van der Waals surface area (Å²) in [7, 11) is 0. The van der Waals surface area contributed by atoms with Gasteiger partial charge in [-0.3, -0.25) is 4.79 Å². The minimum Gasteiger partial charge on any atom is -0.374 e. The minimum absolute atomic E-state index is 0.0273. The van der Waals surface area contributed by atoms with E-state index in [9.17, 15) is 13.6 Å². The van der Waals surface area contributed by atoms with Gasteiger partial charge in [-0.1, -0.05) is 35.9 Å². The second kappa shape index (κ2) is 6.83. The minimum atomic E-state index is -0.983. The molecule has 2 N–H and O–H groups in total. The van der Waals surface area contributed by atoms with E-state index < -0.39 is 11.6 Å². The van der Waals surface area contributed by atoms with Crippen molar-refractivity contribution in [1.82, 2.24) is 5.32 Å². The van der Waals surface area contributed by atoms with E-state index in [1.165, 1.54) is 12.1 Å². The van der Waals surface area contributed by atoms with Crippen molar-refractivity contribution in [3.63, 3.8) is 0 Å². The quantitative estimate of drug-likeness (QED) is 0.889. The SMILES string of the molecule is Cc1ccc(CNC(=O)CNc2cccc(F)c2F)cc1. The summed E-state index contributed by atoms with van der Waals surface area (Å²) in [6.45, 7) is 2.26. The summed E-state index contributed by atoms with van der Waals surface area (Å²) in [6, 6.07) is 11.6. The highest BCUT2D eigenvalue weighted by Gasteiger charge is 2.08. The van der Waals surface area contributed by atoms with Crippen LogP contribution < -0.4 is 10.6 Å². The molecule has 0 atom stereocenters. The van der Waals surface area contributed by atoms with Gasteiger partial charge in [0, 0.05) is 6.54 Å². The van der Waals surface area contributed by atoms with Gasteiger partial charge in [0.1, 0.15) is 0 Å². The number of hydrogen-bond donors (Lipinski definition) is 2. The molecule has 5 heteroatoms. The molecule has 0 spiro atoms. The first kappa shape index (κ1) is 15.0. The second-order valence-corrected chi connectivity index (χ2v) is 4.72. The lowest BCUT2D eigenvalue weighted by atomic mass is 10.1. The fourth-order valence-electron chi connectivity index (χ4n) is 1.78. The van der Waals surface area contributed by atoms with Gasteiger partial charge in [0.15, 0.2) is 11.6 Å². The van der Waals surface area contributed by atoms with Crippen molar-refractivity contribution in [3.05, 3.63) is 65.2 Å². The van der Waals surface area contributed by atoms with E-state index in [2.05, 4.69) is 10.6 Å². The highest BCUT2D eigenvalue weighted by atomic mass is 19.2. The van der Waals surface area contributed by atoms with Crippen LogP contribution >= 0.6 is 0 Å². The maximum Gasteiger partial charge on any atom is 0.239 e. The molecule has 0 aliphatic carbocycles. The summed E-state index contributed by atoms with van der Waals surface area (Å²) in [5.41, 5.74) is 2.10. The van der Waals surface area contributed by atoms with Crippen LogP contribution in [0.15, 0.2) is 42.5 Å². The zero-order chi connectivity index (χ0) is 15.2. The van der Waals surface area contributed by atoms with Gasteiger partial charge < -0.3 is 10.6 Å². The Hall–Kier alpha value is -2.43. The average molecular weight is 290 g/mol. The van der Waals surface area contributed by atoms with E-state index in [-0.39, 0.29) is 18.1 Å². The van der Waals surface area contributed by atoms with Gasteiger partial charge in [-0.15, -0.1) is 0 Å². The fraction of sp³-hybridized carbons (Fsp3) is 0.188. The molecule has 2 rings (SSSR count). The van der Waals surface area contributed by atoms with Gasteiger partial charge in [0.05, 0.1) is 12.2 Å². The Balaban J connectivity index is 1.82. The second-order valence-electron chi connectivity index (χ2n) is 4.72. The number of carbonyl (C=O) groups is 1. The third-order valence-corrected chi connectivity index (χ3v) is 3.00. The highest BCUT2D eigenvalue weighted by molar-refractivity contribution is 5.80. The number of nitrogens with one attached hydrogen (secondary N) is 2. The molecule has 2 aromatic rings. The van der Waals surface area contributed by atoms with E-state index in [1.807, 2.05) is 31.2 Å². The van der Waals surface area contributed by atoms with Gasteiger partial charge in [0.25, 0.3) is 0 Å². The van der Waals surface area contributed by atoms with Crippen LogP contribution in [0, 0.1) is 18.6 Å². The van der Waals surface area contributed by atoms with Crippen LogP contribution in [0.2, 0.25) is 0 Å². The van der Waals surface area contributed by atoms with Crippen LogP contribution in [0.3, 0.4) is 0 Å². The maximum atomic E-state index is 13.4. The number of halogens is 2. The van der Waals surface area contributed by atoms with Crippen LogP contribution in [-0.4, -0.2) is 12.5 Å². The third-order valence-electron chi connectivity index (χ3n) is 3.00. The zero-order valence-electron chi connectivity index (χ0n) is 11.6. The normalized spacial score (nSPS) is 10.2. The fourth-order valence-corrected chi connectivity index (χ4v) is 1.78. The number of benzene rings is 2. The maximum absolute atomic E-state index is 13.4. The van der Waals surface area contributed by atoms with E-state index >= 15 is 0 Å². The smallest absolute Gasteiger partial charge is 0.239 e. The van der Waals surface area contributed by atoms with Crippen molar-refractivity contribution < 1.29 is 13.6 Å². The summed E-state index contributed by atoms with van der Waals surface area (Å²) in [4.78, 5) is 11.7. The van der Waals surface area contributed by atoms with Crippen molar-refractivity contribution in [1.29, 1.82) is 0 Å².